The molecular formula is C26H39N5O2. The maximum atomic E-state index is 12.9. The number of nitrogens with zero attached hydrogens (tertiary/aromatic N) is 4. The van der Waals surface area contributed by atoms with E-state index in [1.165, 1.54) is 12.0 Å². The zero-order valence-corrected chi connectivity index (χ0v) is 20.3. The van der Waals surface area contributed by atoms with Gasteiger partial charge in [0, 0.05) is 57.6 Å². The van der Waals surface area contributed by atoms with Crippen LogP contribution in [0.15, 0.2) is 18.5 Å². The molecule has 4 aliphatic rings. The molecule has 5 rings (SSSR count). The highest BCUT2D eigenvalue weighted by molar-refractivity contribution is 5.76. The molecule has 1 spiro atoms. The summed E-state index contributed by atoms with van der Waals surface area (Å²) in [7, 11) is 0. The molecule has 7 heteroatoms. The molecular weight excluding hydrogens is 414 g/mol. The van der Waals surface area contributed by atoms with Gasteiger partial charge in [-0.15, -0.1) is 0 Å². The van der Waals surface area contributed by atoms with Crippen LogP contribution < -0.4 is 5.32 Å². The van der Waals surface area contributed by atoms with Crippen molar-refractivity contribution in [3.8, 4) is 0 Å². The normalized spacial score (nSPS) is 24.9. The Labute approximate surface area is 197 Å². The minimum absolute atomic E-state index is 0.0318. The SMILES string of the molecule is CC(C)N1CCC(CC(=O)N2CCC3(CC2)CC3CNC(=O)N2Cc3ccncc3C2)CC1. The predicted octanol–water partition coefficient (Wildman–Crippen LogP) is 3.25. The zero-order chi connectivity index (χ0) is 23.0. The first kappa shape index (κ1) is 22.6. The molecule has 1 aromatic heterocycles. The van der Waals surface area contributed by atoms with Gasteiger partial charge in [-0.1, -0.05) is 0 Å². The van der Waals surface area contributed by atoms with E-state index in [4.69, 9.17) is 0 Å². The fraction of sp³-hybridized carbons (Fsp3) is 0.731. The van der Waals surface area contributed by atoms with Gasteiger partial charge in [-0.2, -0.15) is 0 Å². The van der Waals surface area contributed by atoms with Crippen molar-refractivity contribution in [2.24, 2.45) is 17.3 Å². The van der Waals surface area contributed by atoms with Gasteiger partial charge in [0.15, 0.2) is 0 Å². The minimum atomic E-state index is 0.0318. The summed E-state index contributed by atoms with van der Waals surface area (Å²) in [5.74, 6) is 1.48. The van der Waals surface area contributed by atoms with Crippen LogP contribution in [0.5, 0.6) is 0 Å². The number of nitrogens with one attached hydrogen (secondary N) is 1. The number of rotatable bonds is 5. The summed E-state index contributed by atoms with van der Waals surface area (Å²) in [5.41, 5.74) is 2.70. The van der Waals surface area contributed by atoms with Gasteiger partial charge in [0.1, 0.15) is 0 Å². The van der Waals surface area contributed by atoms with Crippen LogP contribution in [0.3, 0.4) is 0 Å². The Balaban J connectivity index is 1.01. The van der Waals surface area contributed by atoms with Crippen LogP contribution in [0.25, 0.3) is 0 Å². The number of aromatic nitrogens is 1. The van der Waals surface area contributed by atoms with Crippen molar-refractivity contribution in [1.29, 1.82) is 0 Å². The van der Waals surface area contributed by atoms with Crippen molar-refractivity contribution in [1.82, 2.24) is 25.0 Å². The van der Waals surface area contributed by atoms with E-state index >= 15 is 0 Å². The molecule has 180 valence electrons. The van der Waals surface area contributed by atoms with Gasteiger partial charge in [-0.3, -0.25) is 9.78 Å². The molecule has 3 amide bonds. The van der Waals surface area contributed by atoms with Crippen LogP contribution in [-0.2, 0) is 17.9 Å². The summed E-state index contributed by atoms with van der Waals surface area (Å²) in [6, 6.07) is 2.65. The number of hydrogen-bond donors (Lipinski definition) is 1. The predicted molar refractivity (Wildman–Crippen MR) is 127 cm³/mol. The lowest BCUT2D eigenvalue weighted by atomic mass is 9.89. The molecule has 1 saturated carbocycles. The molecule has 1 N–H and O–H groups in total. The molecule has 1 atom stereocenters. The highest BCUT2D eigenvalue weighted by Gasteiger charge is 2.54. The first-order valence-electron chi connectivity index (χ1n) is 12.9. The largest absolute Gasteiger partial charge is 0.343 e. The van der Waals surface area contributed by atoms with E-state index in [1.807, 2.05) is 17.2 Å². The molecule has 2 saturated heterocycles. The van der Waals surface area contributed by atoms with E-state index in [-0.39, 0.29) is 6.03 Å². The molecule has 1 aromatic rings. The number of amides is 3. The Kier molecular flexibility index (Phi) is 6.34. The third-order valence-corrected chi connectivity index (χ3v) is 8.83. The fourth-order valence-corrected chi connectivity index (χ4v) is 6.27. The van der Waals surface area contributed by atoms with Crippen LogP contribution >= 0.6 is 0 Å². The number of carbonyl (C=O) groups is 2. The van der Waals surface area contributed by atoms with Crippen molar-refractivity contribution < 1.29 is 9.59 Å². The second-order valence-electron chi connectivity index (χ2n) is 11.1. The molecule has 0 radical (unpaired) electrons. The van der Waals surface area contributed by atoms with E-state index in [2.05, 4.69) is 33.9 Å². The number of fused-ring (bicyclic) bond motifs is 1. The minimum Gasteiger partial charge on any atom is -0.343 e. The molecule has 7 nitrogen and oxygen atoms in total. The van der Waals surface area contributed by atoms with Gasteiger partial charge in [0.05, 0.1) is 0 Å². The molecule has 0 bridgehead atoms. The maximum absolute atomic E-state index is 12.9. The van der Waals surface area contributed by atoms with E-state index in [9.17, 15) is 9.59 Å². The second-order valence-corrected chi connectivity index (χ2v) is 11.1. The Morgan fingerprint density at radius 2 is 1.82 bits per heavy atom. The summed E-state index contributed by atoms with van der Waals surface area (Å²) >= 11 is 0. The average Bonchev–Trinajstić information content (AvgIpc) is 3.29. The highest BCUT2D eigenvalue weighted by atomic mass is 16.2. The second kappa shape index (κ2) is 9.24. The smallest absolute Gasteiger partial charge is 0.318 e. The van der Waals surface area contributed by atoms with E-state index in [0.29, 0.717) is 42.3 Å². The summed E-state index contributed by atoms with van der Waals surface area (Å²) < 4.78 is 0. The third-order valence-electron chi connectivity index (χ3n) is 8.83. The van der Waals surface area contributed by atoms with Gasteiger partial charge in [-0.25, -0.2) is 4.79 Å². The van der Waals surface area contributed by atoms with E-state index in [1.54, 1.807) is 6.20 Å². The van der Waals surface area contributed by atoms with Crippen LogP contribution in [0, 0.1) is 17.3 Å². The summed E-state index contributed by atoms with van der Waals surface area (Å²) in [4.78, 5) is 36.2. The van der Waals surface area contributed by atoms with Gasteiger partial charge < -0.3 is 20.0 Å². The van der Waals surface area contributed by atoms with Crippen molar-refractivity contribution in [3.63, 3.8) is 0 Å². The van der Waals surface area contributed by atoms with Crippen LogP contribution in [-0.4, -0.2) is 70.4 Å². The van der Waals surface area contributed by atoms with Gasteiger partial charge in [0.25, 0.3) is 0 Å². The average molecular weight is 454 g/mol. The summed E-state index contributed by atoms with van der Waals surface area (Å²) in [5, 5.41) is 3.17. The molecule has 4 heterocycles. The summed E-state index contributed by atoms with van der Waals surface area (Å²) in [6.45, 7) is 10.6. The van der Waals surface area contributed by atoms with E-state index in [0.717, 1.165) is 70.4 Å². The van der Waals surface area contributed by atoms with Gasteiger partial charge >= 0.3 is 6.03 Å². The topological polar surface area (TPSA) is 68.8 Å². The Morgan fingerprint density at radius 1 is 1.09 bits per heavy atom. The fourth-order valence-electron chi connectivity index (χ4n) is 6.27. The maximum Gasteiger partial charge on any atom is 0.318 e. The number of piperidine rings is 2. The first-order chi connectivity index (χ1) is 15.9. The van der Waals surface area contributed by atoms with Crippen molar-refractivity contribution >= 4 is 11.9 Å². The number of urea groups is 1. The first-order valence-corrected chi connectivity index (χ1v) is 12.9. The Bertz CT molecular complexity index is 846. The Morgan fingerprint density at radius 3 is 2.52 bits per heavy atom. The standard InChI is InChI=1S/C26H39N5O2/c1-19(2)29-9-4-20(5-10-29)13-24(32)30-11-6-26(7-12-30)14-23(26)16-28-25(33)31-17-21-3-8-27-15-22(21)18-31/h3,8,15,19-20,23H,4-7,9-14,16-18H2,1-2H3,(H,28,33). The van der Waals surface area contributed by atoms with Crippen molar-refractivity contribution in [2.75, 3.05) is 32.7 Å². The number of hydrogen-bond acceptors (Lipinski definition) is 4. The van der Waals surface area contributed by atoms with Crippen molar-refractivity contribution in [3.05, 3.63) is 29.6 Å². The zero-order valence-electron chi connectivity index (χ0n) is 20.3. The van der Waals surface area contributed by atoms with Crippen molar-refractivity contribution in [2.45, 2.75) is 71.5 Å². The number of likely N-dealkylation sites (tertiary alicyclic amines) is 2. The van der Waals surface area contributed by atoms with Crippen LogP contribution in [0.4, 0.5) is 4.79 Å². The van der Waals surface area contributed by atoms with Crippen LogP contribution in [0.2, 0.25) is 0 Å². The number of pyridine rings is 1. The lowest BCUT2D eigenvalue weighted by Gasteiger charge is -2.37. The van der Waals surface area contributed by atoms with E-state index < -0.39 is 0 Å². The summed E-state index contributed by atoms with van der Waals surface area (Å²) in [6.07, 6.45) is 10.1. The van der Waals surface area contributed by atoms with Crippen LogP contribution in [0.1, 0.15) is 63.5 Å². The molecule has 3 fully saturated rings. The third kappa shape index (κ3) is 4.88. The molecule has 1 unspecified atom stereocenters. The lowest BCUT2D eigenvalue weighted by Crippen LogP contribution is -2.43. The highest BCUT2D eigenvalue weighted by Crippen LogP contribution is 2.59. The number of carbonyl (C=O) groups excluding carboxylic acids is 2. The monoisotopic (exact) mass is 453 g/mol. The van der Waals surface area contributed by atoms with Gasteiger partial charge in [-0.05, 0) is 93.5 Å². The Hall–Kier alpha value is -2.15. The molecule has 3 aliphatic heterocycles. The quantitative estimate of drug-likeness (QED) is 0.743. The van der Waals surface area contributed by atoms with Gasteiger partial charge in [0.2, 0.25) is 5.91 Å². The lowest BCUT2D eigenvalue weighted by molar-refractivity contribution is -0.134. The molecule has 0 aromatic carbocycles. The molecule has 33 heavy (non-hydrogen) atoms. The molecule has 1 aliphatic carbocycles.